The second-order valence-electron chi connectivity index (χ2n) is 8.55. The number of anilines is 1. The molecule has 1 unspecified atom stereocenters. The lowest BCUT2D eigenvalue weighted by atomic mass is 10.00. The Balaban J connectivity index is 1.44. The first-order valence-electron chi connectivity index (χ1n) is 11.5. The summed E-state index contributed by atoms with van der Waals surface area (Å²) in [4.78, 5) is 19.3. The summed E-state index contributed by atoms with van der Waals surface area (Å²) >= 11 is 6.42. The highest BCUT2D eigenvalue weighted by molar-refractivity contribution is 6.36. The van der Waals surface area contributed by atoms with Crippen LogP contribution in [-0.4, -0.2) is 53.4 Å². The lowest BCUT2D eigenvalue weighted by Crippen LogP contribution is -2.29. The van der Waals surface area contributed by atoms with Crippen molar-refractivity contribution >= 4 is 42.3 Å². The van der Waals surface area contributed by atoms with E-state index in [0.717, 1.165) is 40.2 Å². The van der Waals surface area contributed by atoms with Gasteiger partial charge in [-0.3, -0.25) is 4.79 Å². The van der Waals surface area contributed by atoms with Gasteiger partial charge >= 0.3 is 0 Å². The molecule has 0 bridgehead atoms. The van der Waals surface area contributed by atoms with Gasteiger partial charge in [0.2, 0.25) is 0 Å². The molecule has 4 aromatic rings. The Morgan fingerprint density at radius 2 is 2.06 bits per heavy atom. The van der Waals surface area contributed by atoms with Crippen LogP contribution in [0, 0.1) is 11.3 Å². The van der Waals surface area contributed by atoms with Gasteiger partial charge in [0.1, 0.15) is 13.7 Å². The molecule has 0 saturated heterocycles. The van der Waals surface area contributed by atoms with Gasteiger partial charge in [-0.2, -0.15) is 14.9 Å². The summed E-state index contributed by atoms with van der Waals surface area (Å²) in [6.07, 6.45) is 2.53. The van der Waals surface area contributed by atoms with E-state index < -0.39 is 0 Å². The highest BCUT2D eigenvalue weighted by Gasteiger charge is 2.15. The van der Waals surface area contributed by atoms with Crippen molar-refractivity contribution in [3.63, 3.8) is 0 Å². The molecule has 2 aromatic carbocycles. The maximum Gasteiger partial charge on any atom is 0.253 e. The molecule has 35 heavy (non-hydrogen) atoms. The zero-order chi connectivity index (χ0) is 24.9. The predicted molar refractivity (Wildman–Crippen MR) is 142 cm³/mol. The van der Waals surface area contributed by atoms with Gasteiger partial charge in [0.25, 0.3) is 5.91 Å². The maximum absolute atomic E-state index is 12.9. The number of carbonyl (C=O) groups is 1. The zero-order valence-electron chi connectivity index (χ0n) is 20.0. The van der Waals surface area contributed by atoms with Crippen molar-refractivity contribution in [3.8, 4) is 17.3 Å². The number of hydrogen-bond donors (Lipinski definition) is 1. The average Bonchev–Trinajstić information content (AvgIpc) is 3.26. The monoisotopic (exact) mass is 484 g/mol. The summed E-state index contributed by atoms with van der Waals surface area (Å²) < 4.78 is 1.78. The summed E-state index contributed by atoms with van der Waals surface area (Å²) in [7, 11) is 3.77. The molecule has 176 valence electrons. The smallest absolute Gasteiger partial charge is 0.253 e. The summed E-state index contributed by atoms with van der Waals surface area (Å²) in [5.74, 6) is 0.494. The van der Waals surface area contributed by atoms with Crippen molar-refractivity contribution in [2.24, 2.45) is 0 Å². The number of hydrogen-bond acceptors (Lipinski definition) is 5. The number of fused-ring (bicyclic) bond motifs is 1. The van der Waals surface area contributed by atoms with E-state index in [0.29, 0.717) is 23.7 Å². The lowest BCUT2D eigenvalue weighted by molar-refractivity contribution is 0.0794. The number of halogens is 1. The fourth-order valence-corrected chi connectivity index (χ4v) is 4.11. The number of nitrogens with zero attached hydrogens (tertiary/aromatic N) is 5. The third-order valence-corrected chi connectivity index (χ3v) is 6.28. The van der Waals surface area contributed by atoms with Gasteiger partial charge in [-0.05, 0) is 42.6 Å². The largest absolute Gasteiger partial charge is 0.370 e. The van der Waals surface area contributed by atoms with Crippen LogP contribution >= 0.6 is 11.6 Å². The first-order chi connectivity index (χ1) is 16.9. The molecule has 0 aliphatic carbocycles. The first kappa shape index (κ1) is 24.3. The van der Waals surface area contributed by atoms with Crippen molar-refractivity contribution in [1.82, 2.24) is 19.5 Å². The van der Waals surface area contributed by atoms with E-state index in [1.54, 1.807) is 34.8 Å². The standard InChI is InChI=1S/C26H26BClN6O/c1-17(15-29)18-7-5-8-19(13-18)26(35)33(2)12-6-11-30-24-14-23(20-9-3-4-10-22(20)28)32-25-21(27)16-31-34(24)25/h3-5,7-10,13-14,16-17,30H,6,11-12,27H2,1-2H3. The number of nitriles is 1. The molecule has 0 aliphatic rings. The minimum atomic E-state index is -0.254. The number of benzene rings is 2. The second kappa shape index (κ2) is 10.6. The van der Waals surface area contributed by atoms with Gasteiger partial charge in [0.15, 0.2) is 5.65 Å². The molecular weight excluding hydrogens is 459 g/mol. The van der Waals surface area contributed by atoms with Crippen molar-refractivity contribution in [2.75, 3.05) is 25.5 Å². The minimum Gasteiger partial charge on any atom is -0.370 e. The number of amides is 1. The quantitative estimate of drug-likeness (QED) is 0.305. The van der Waals surface area contributed by atoms with Gasteiger partial charge < -0.3 is 10.2 Å². The fraction of sp³-hybridized carbons (Fsp3) is 0.231. The van der Waals surface area contributed by atoms with Crippen LogP contribution in [0.4, 0.5) is 5.82 Å². The van der Waals surface area contributed by atoms with Crippen LogP contribution in [0.15, 0.2) is 60.8 Å². The summed E-state index contributed by atoms with van der Waals surface area (Å²) in [5, 5.41) is 17.7. The van der Waals surface area contributed by atoms with Crippen LogP contribution in [0.5, 0.6) is 0 Å². The van der Waals surface area contributed by atoms with Crippen LogP contribution in [0.3, 0.4) is 0 Å². The third-order valence-electron chi connectivity index (χ3n) is 5.95. The molecule has 0 aliphatic heterocycles. The summed E-state index contributed by atoms with van der Waals surface area (Å²) in [6, 6.07) is 19.1. The fourth-order valence-electron chi connectivity index (χ4n) is 3.88. The van der Waals surface area contributed by atoms with Gasteiger partial charge in [0, 0.05) is 48.5 Å². The van der Waals surface area contributed by atoms with Gasteiger partial charge in [0.05, 0.1) is 17.7 Å². The Hall–Kier alpha value is -3.83. The molecule has 0 spiro atoms. The van der Waals surface area contributed by atoms with Crippen LogP contribution < -0.4 is 10.8 Å². The summed E-state index contributed by atoms with van der Waals surface area (Å²) in [6.45, 7) is 3.05. The Morgan fingerprint density at radius 3 is 2.83 bits per heavy atom. The van der Waals surface area contributed by atoms with Crippen molar-refractivity contribution in [1.29, 1.82) is 5.26 Å². The number of carbonyl (C=O) groups excluding carboxylic acids is 1. The molecule has 9 heteroatoms. The van der Waals surface area contributed by atoms with Gasteiger partial charge in [-0.15, -0.1) is 0 Å². The van der Waals surface area contributed by atoms with Crippen LogP contribution in [-0.2, 0) is 0 Å². The highest BCUT2D eigenvalue weighted by atomic mass is 35.5. The van der Waals surface area contributed by atoms with Crippen molar-refractivity contribution in [3.05, 3.63) is 76.9 Å². The molecule has 2 heterocycles. The Kier molecular flexibility index (Phi) is 7.38. The van der Waals surface area contributed by atoms with Gasteiger partial charge in [-0.1, -0.05) is 41.9 Å². The second-order valence-corrected chi connectivity index (χ2v) is 8.96. The van der Waals surface area contributed by atoms with E-state index in [2.05, 4.69) is 16.5 Å². The number of rotatable bonds is 8. The van der Waals surface area contributed by atoms with Crippen molar-refractivity contribution in [2.45, 2.75) is 19.3 Å². The Morgan fingerprint density at radius 1 is 1.26 bits per heavy atom. The topological polar surface area (TPSA) is 86.3 Å². The molecule has 2 aromatic heterocycles. The van der Waals surface area contributed by atoms with E-state index in [-0.39, 0.29) is 11.8 Å². The first-order valence-corrected chi connectivity index (χ1v) is 11.9. The molecule has 1 N–H and O–H groups in total. The molecule has 0 saturated carbocycles. The van der Waals surface area contributed by atoms with Crippen LogP contribution in [0.2, 0.25) is 5.02 Å². The normalized spacial score (nSPS) is 11.7. The van der Waals surface area contributed by atoms with Crippen LogP contribution in [0.1, 0.15) is 35.2 Å². The van der Waals surface area contributed by atoms with E-state index in [9.17, 15) is 4.79 Å². The minimum absolute atomic E-state index is 0.0630. The Bertz CT molecular complexity index is 1410. The molecule has 7 nitrogen and oxygen atoms in total. The third kappa shape index (κ3) is 5.31. The maximum atomic E-state index is 12.9. The molecule has 1 amide bonds. The van der Waals surface area contributed by atoms with E-state index in [4.69, 9.17) is 21.8 Å². The SMILES string of the molecule is Bc1cnn2c(NCCCN(C)C(=O)c3cccc(C(C)C#N)c3)cc(-c3ccccc3Cl)nc12. The predicted octanol–water partition coefficient (Wildman–Crippen LogP) is 3.51. The highest BCUT2D eigenvalue weighted by Crippen LogP contribution is 2.28. The number of nitrogens with one attached hydrogen (secondary N) is 1. The molecule has 0 fully saturated rings. The zero-order valence-corrected chi connectivity index (χ0v) is 20.8. The van der Waals surface area contributed by atoms with E-state index >= 15 is 0 Å². The number of aromatic nitrogens is 3. The molecular formula is C26H26BClN6O. The van der Waals surface area contributed by atoms with E-state index in [1.165, 1.54) is 0 Å². The summed E-state index contributed by atoms with van der Waals surface area (Å²) in [5.41, 5.74) is 4.81. The van der Waals surface area contributed by atoms with Crippen LogP contribution in [0.25, 0.3) is 16.9 Å². The molecule has 0 radical (unpaired) electrons. The Labute approximate surface area is 210 Å². The average molecular weight is 485 g/mol. The van der Waals surface area contributed by atoms with Gasteiger partial charge in [-0.25, -0.2) is 4.98 Å². The van der Waals surface area contributed by atoms with Crippen molar-refractivity contribution < 1.29 is 4.79 Å². The lowest BCUT2D eigenvalue weighted by Gasteiger charge is -2.18. The molecule has 1 atom stereocenters. The molecule has 4 rings (SSSR count). The van der Waals surface area contributed by atoms with E-state index in [1.807, 2.05) is 57.2 Å².